The molecule has 2 unspecified atom stereocenters. The molecule has 1 heterocycles. The Labute approximate surface area is 160 Å². The van der Waals surface area contributed by atoms with Gasteiger partial charge in [0.2, 0.25) is 5.91 Å². The first-order valence-corrected chi connectivity index (χ1v) is 9.46. The number of nitrogens with two attached hydrogens (primary N) is 1. The molecule has 1 aromatic carbocycles. The Morgan fingerprint density at radius 2 is 2.07 bits per heavy atom. The number of hydrogen-bond donors (Lipinski definition) is 5. The van der Waals surface area contributed by atoms with Crippen LogP contribution in [0, 0.1) is 6.92 Å². The van der Waals surface area contributed by atoms with Crippen LogP contribution in [0.3, 0.4) is 0 Å². The number of aliphatic hydroxyl groups is 1. The maximum Gasteiger partial charge on any atom is 0.218 e. The molecule has 7 nitrogen and oxygen atoms in total. The molecule has 0 aliphatic carbocycles. The SMILES string of the molecule is CCC(CCNc1nc2ccc(C)cc2cc1C(N)NC(C)=O)NCCO. The molecular weight excluding hydrogens is 342 g/mol. The Balaban J connectivity index is 2.21. The lowest BCUT2D eigenvalue weighted by Crippen LogP contribution is -2.34. The van der Waals surface area contributed by atoms with Gasteiger partial charge < -0.3 is 26.8 Å². The highest BCUT2D eigenvalue weighted by atomic mass is 16.3. The molecule has 148 valence electrons. The number of nitrogens with one attached hydrogen (secondary N) is 3. The molecule has 0 saturated heterocycles. The molecule has 1 aromatic heterocycles. The minimum atomic E-state index is -0.628. The zero-order valence-electron chi connectivity index (χ0n) is 16.4. The van der Waals surface area contributed by atoms with E-state index in [4.69, 9.17) is 15.8 Å². The number of aromatic nitrogens is 1. The molecule has 7 heteroatoms. The Hall–Kier alpha value is -2.22. The van der Waals surface area contributed by atoms with Gasteiger partial charge in [0.15, 0.2) is 0 Å². The van der Waals surface area contributed by atoms with Crippen LogP contribution in [0.5, 0.6) is 0 Å². The standard InChI is InChI=1S/C20H31N5O2/c1-4-16(22-9-10-26)7-8-23-20-17(19(21)24-14(3)27)12-15-11-13(2)5-6-18(15)25-20/h5-6,11-12,16,19,22,26H,4,7-10,21H2,1-3H3,(H,23,25)(H,24,27). The van der Waals surface area contributed by atoms with Crippen molar-refractivity contribution in [2.45, 2.75) is 45.8 Å². The summed E-state index contributed by atoms with van der Waals surface area (Å²) in [5.41, 5.74) is 8.99. The Morgan fingerprint density at radius 3 is 2.74 bits per heavy atom. The highest BCUT2D eigenvalue weighted by Gasteiger charge is 2.15. The monoisotopic (exact) mass is 373 g/mol. The van der Waals surface area contributed by atoms with Crippen molar-refractivity contribution in [1.82, 2.24) is 15.6 Å². The van der Waals surface area contributed by atoms with E-state index in [9.17, 15) is 4.79 Å². The van der Waals surface area contributed by atoms with Gasteiger partial charge in [-0.05, 0) is 38.0 Å². The van der Waals surface area contributed by atoms with Crippen molar-refractivity contribution in [3.63, 3.8) is 0 Å². The summed E-state index contributed by atoms with van der Waals surface area (Å²) in [7, 11) is 0. The fourth-order valence-electron chi connectivity index (χ4n) is 3.07. The minimum absolute atomic E-state index is 0.130. The van der Waals surface area contributed by atoms with Crippen molar-refractivity contribution < 1.29 is 9.90 Å². The molecular formula is C20H31N5O2. The van der Waals surface area contributed by atoms with E-state index in [0.717, 1.165) is 34.9 Å². The van der Waals surface area contributed by atoms with Crippen molar-refractivity contribution in [2.24, 2.45) is 5.73 Å². The summed E-state index contributed by atoms with van der Waals surface area (Å²) in [6.07, 6.45) is 1.24. The summed E-state index contributed by atoms with van der Waals surface area (Å²) in [4.78, 5) is 16.2. The lowest BCUT2D eigenvalue weighted by Gasteiger charge is -2.20. The van der Waals surface area contributed by atoms with Gasteiger partial charge in [-0.2, -0.15) is 0 Å². The van der Waals surface area contributed by atoms with E-state index < -0.39 is 6.17 Å². The molecule has 0 saturated carbocycles. The van der Waals surface area contributed by atoms with Gasteiger partial charge in [0.25, 0.3) is 0 Å². The van der Waals surface area contributed by atoms with Crippen LogP contribution in [0.1, 0.15) is 44.0 Å². The van der Waals surface area contributed by atoms with E-state index >= 15 is 0 Å². The molecule has 2 rings (SSSR count). The molecule has 2 atom stereocenters. The van der Waals surface area contributed by atoms with E-state index in [1.807, 2.05) is 25.1 Å². The number of anilines is 1. The maximum absolute atomic E-state index is 11.4. The topological polar surface area (TPSA) is 112 Å². The number of pyridine rings is 1. The molecule has 27 heavy (non-hydrogen) atoms. The molecule has 0 aliphatic rings. The van der Waals surface area contributed by atoms with Crippen molar-refractivity contribution >= 4 is 22.6 Å². The van der Waals surface area contributed by atoms with Crippen LogP contribution in [0.25, 0.3) is 10.9 Å². The summed E-state index contributed by atoms with van der Waals surface area (Å²) < 4.78 is 0. The number of rotatable bonds is 10. The van der Waals surface area contributed by atoms with Crippen LogP contribution < -0.4 is 21.7 Å². The van der Waals surface area contributed by atoms with Gasteiger partial charge in [-0.3, -0.25) is 4.79 Å². The number of carbonyl (C=O) groups excluding carboxylic acids is 1. The third kappa shape index (κ3) is 6.16. The number of aryl methyl sites for hydroxylation is 1. The predicted octanol–water partition coefficient (Wildman–Crippen LogP) is 1.80. The van der Waals surface area contributed by atoms with E-state index in [1.165, 1.54) is 6.92 Å². The molecule has 6 N–H and O–H groups in total. The number of carbonyl (C=O) groups is 1. The molecule has 0 aliphatic heterocycles. The lowest BCUT2D eigenvalue weighted by molar-refractivity contribution is -0.119. The van der Waals surface area contributed by atoms with E-state index in [-0.39, 0.29) is 12.5 Å². The van der Waals surface area contributed by atoms with E-state index in [1.54, 1.807) is 0 Å². The lowest BCUT2D eigenvalue weighted by atomic mass is 10.1. The third-order valence-corrected chi connectivity index (χ3v) is 4.52. The van der Waals surface area contributed by atoms with Gasteiger partial charge in [0.1, 0.15) is 12.0 Å². The molecule has 0 spiro atoms. The molecule has 0 radical (unpaired) electrons. The van der Waals surface area contributed by atoms with Crippen LogP contribution in [0.4, 0.5) is 5.82 Å². The number of amides is 1. The average molecular weight is 374 g/mol. The van der Waals surface area contributed by atoms with E-state index in [0.29, 0.717) is 24.9 Å². The van der Waals surface area contributed by atoms with Crippen molar-refractivity contribution in [1.29, 1.82) is 0 Å². The normalized spacial score (nSPS) is 13.4. The first-order valence-electron chi connectivity index (χ1n) is 9.46. The predicted molar refractivity (Wildman–Crippen MR) is 109 cm³/mol. The van der Waals surface area contributed by atoms with Gasteiger partial charge in [-0.1, -0.05) is 18.6 Å². The van der Waals surface area contributed by atoms with E-state index in [2.05, 4.69) is 28.9 Å². The summed E-state index contributed by atoms with van der Waals surface area (Å²) >= 11 is 0. The highest BCUT2D eigenvalue weighted by Crippen LogP contribution is 2.25. The number of aliphatic hydroxyl groups excluding tert-OH is 1. The second kappa shape index (κ2) is 10.2. The second-order valence-corrected chi connectivity index (χ2v) is 6.80. The van der Waals surface area contributed by atoms with Gasteiger partial charge in [-0.25, -0.2) is 4.98 Å². The summed E-state index contributed by atoms with van der Waals surface area (Å²) in [5, 5.41) is 19.4. The zero-order valence-corrected chi connectivity index (χ0v) is 16.4. The fourth-order valence-corrected chi connectivity index (χ4v) is 3.07. The zero-order chi connectivity index (χ0) is 19.8. The van der Waals surface area contributed by atoms with Gasteiger partial charge in [-0.15, -0.1) is 0 Å². The quantitative estimate of drug-likeness (QED) is 0.406. The number of nitrogens with zero attached hydrogens (tertiary/aromatic N) is 1. The van der Waals surface area contributed by atoms with Crippen LogP contribution in [0.2, 0.25) is 0 Å². The maximum atomic E-state index is 11.4. The summed E-state index contributed by atoms with van der Waals surface area (Å²) in [5.74, 6) is 0.502. The molecule has 0 bridgehead atoms. The molecule has 0 fully saturated rings. The van der Waals surface area contributed by atoms with Crippen molar-refractivity contribution in [3.05, 3.63) is 35.4 Å². The van der Waals surface area contributed by atoms with Crippen LogP contribution in [-0.2, 0) is 4.79 Å². The molecule has 1 amide bonds. The Kier molecular flexibility index (Phi) is 7.97. The third-order valence-electron chi connectivity index (χ3n) is 4.52. The van der Waals surface area contributed by atoms with Gasteiger partial charge >= 0.3 is 0 Å². The number of benzene rings is 1. The highest BCUT2D eigenvalue weighted by molar-refractivity contribution is 5.83. The average Bonchev–Trinajstić information content (AvgIpc) is 2.63. The number of hydrogen-bond acceptors (Lipinski definition) is 6. The summed E-state index contributed by atoms with van der Waals surface area (Å²) in [6.45, 7) is 7.02. The minimum Gasteiger partial charge on any atom is -0.395 e. The number of fused-ring (bicyclic) bond motifs is 1. The van der Waals surface area contributed by atoms with Gasteiger partial charge in [0, 0.05) is 37.0 Å². The largest absolute Gasteiger partial charge is 0.395 e. The smallest absolute Gasteiger partial charge is 0.218 e. The fraction of sp³-hybridized carbons (Fsp3) is 0.500. The second-order valence-electron chi connectivity index (χ2n) is 6.80. The first-order chi connectivity index (χ1) is 12.9. The van der Waals surface area contributed by atoms with Crippen LogP contribution in [-0.4, -0.2) is 41.7 Å². The summed E-state index contributed by atoms with van der Waals surface area (Å²) in [6, 6.07) is 8.38. The van der Waals surface area contributed by atoms with Crippen LogP contribution >= 0.6 is 0 Å². The van der Waals surface area contributed by atoms with Crippen LogP contribution in [0.15, 0.2) is 24.3 Å². The first kappa shape index (κ1) is 21.1. The van der Waals surface area contributed by atoms with Crippen molar-refractivity contribution in [3.8, 4) is 0 Å². The van der Waals surface area contributed by atoms with Crippen molar-refractivity contribution in [2.75, 3.05) is 25.0 Å². The van der Waals surface area contributed by atoms with Gasteiger partial charge in [0.05, 0.1) is 12.1 Å². The molecule has 2 aromatic rings. The Bertz CT molecular complexity index is 765. The Morgan fingerprint density at radius 1 is 1.30 bits per heavy atom.